The number of hydrogen-bond acceptors (Lipinski definition) is 4. The molecule has 138 valence electrons. The van der Waals surface area contributed by atoms with Crippen molar-refractivity contribution in [3.05, 3.63) is 52.0 Å². The number of halogens is 4. The Kier molecular flexibility index (Phi) is 6.35. The van der Waals surface area contributed by atoms with Gasteiger partial charge in [0.25, 0.3) is 0 Å². The predicted octanol–water partition coefficient (Wildman–Crippen LogP) is 5.33. The fraction of sp³-hybridized carbons (Fsp3) is 0.235. The summed E-state index contributed by atoms with van der Waals surface area (Å²) in [5, 5.41) is 9.18. The van der Waals surface area contributed by atoms with Crippen molar-refractivity contribution in [3.8, 4) is 17.6 Å². The van der Waals surface area contributed by atoms with E-state index >= 15 is 0 Å². The molecule has 0 aromatic heterocycles. The average Bonchev–Trinajstić information content (AvgIpc) is 2.61. The average molecular weight is 404 g/mol. The van der Waals surface area contributed by atoms with Gasteiger partial charge in [0.15, 0.2) is 0 Å². The summed E-state index contributed by atoms with van der Waals surface area (Å²) in [5.74, 6) is 0.265. The zero-order valence-corrected chi connectivity index (χ0v) is 15.5. The van der Waals surface area contributed by atoms with Gasteiger partial charge in [-0.05, 0) is 42.3 Å². The molecule has 0 aliphatic heterocycles. The molecule has 2 rings (SSSR count). The van der Waals surface area contributed by atoms with Crippen LogP contribution in [0.5, 0.6) is 11.5 Å². The zero-order valence-electron chi connectivity index (χ0n) is 13.8. The Bertz CT molecular complexity index is 894. The van der Waals surface area contributed by atoms with Crippen LogP contribution in [-0.4, -0.2) is 7.11 Å². The summed E-state index contributed by atoms with van der Waals surface area (Å²) in [7, 11) is -1.40. The Balaban J connectivity index is 2.49. The van der Waals surface area contributed by atoms with Gasteiger partial charge >= 0.3 is 6.18 Å². The second-order valence-corrected chi connectivity index (χ2v) is 7.14. The molecule has 9 heteroatoms. The first-order valence-corrected chi connectivity index (χ1v) is 9.10. The number of benzene rings is 2. The van der Waals surface area contributed by atoms with Gasteiger partial charge in [0.05, 0.1) is 27.5 Å². The first-order chi connectivity index (χ1) is 12.2. The van der Waals surface area contributed by atoms with E-state index in [0.29, 0.717) is 12.0 Å². The monoisotopic (exact) mass is 403 g/mol. The Morgan fingerprint density at radius 1 is 1.23 bits per heavy atom. The molecule has 0 fully saturated rings. The second-order valence-electron chi connectivity index (χ2n) is 5.21. The Labute approximate surface area is 154 Å². The van der Waals surface area contributed by atoms with Crippen LogP contribution >= 0.6 is 19.6 Å². The molecule has 1 atom stereocenters. The van der Waals surface area contributed by atoms with Gasteiger partial charge in [-0.15, -0.1) is 0 Å². The number of nitriles is 1. The van der Waals surface area contributed by atoms with E-state index in [4.69, 9.17) is 20.9 Å². The van der Waals surface area contributed by atoms with E-state index in [-0.39, 0.29) is 27.4 Å². The lowest BCUT2D eigenvalue weighted by Crippen LogP contribution is -2.07. The molecule has 1 unspecified atom stereocenters. The number of nitrogens with zero attached hydrogens (tertiary/aromatic N) is 1. The summed E-state index contributed by atoms with van der Waals surface area (Å²) >= 11 is 5.91. The summed E-state index contributed by atoms with van der Waals surface area (Å²) in [6.07, 6.45) is -4.03. The van der Waals surface area contributed by atoms with E-state index < -0.39 is 19.8 Å². The van der Waals surface area contributed by atoms with Crippen molar-refractivity contribution in [3.63, 3.8) is 0 Å². The van der Waals surface area contributed by atoms with E-state index in [1.54, 1.807) is 0 Å². The Morgan fingerprint density at radius 2 is 1.92 bits per heavy atom. The van der Waals surface area contributed by atoms with Crippen molar-refractivity contribution in [1.82, 2.24) is 0 Å². The normalized spacial score (nSPS) is 12.5. The number of rotatable bonds is 5. The van der Waals surface area contributed by atoms with Crippen LogP contribution in [-0.2, 0) is 21.7 Å². The fourth-order valence-corrected chi connectivity index (χ4v) is 3.28. The van der Waals surface area contributed by atoms with Crippen molar-refractivity contribution in [1.29, 1.82) is 5.26 Å². The summed E-state index contributed by atoms with van der Waals surface area (Å²) < 4.78 is 60.7. The van der Waals surface area contributed by atoms with Gasteiger partial charge < -0.3 is 9.26 Å². The minimum Gasteiger partial charge on any atom is -0.455 e. The number of aryl methyl sites for hydroxylation is 1. The van der Waals surface area contributed by atoms with Crippen molar-refractivity contribution >= 4 is 24.9 Å². The summed E-state index contributed by atoms with van der Waals surface area (Å²) in [6.45, 7) is 1.82. The van der Waals surface area contributed by atoms with E-state index in [1.807, 2.05) is 13.0 Å². The molecule has 0 saturated heterocycles. The van der Waals surface area contributed by atoms with Crippen LogP contribution in [0.3, 0.4) is 0 Å². The van der Waals surface area contributed by atoms with E-state index in [1.165, 1.54) is 19.2 Å². The van der Waals surface area contributed by atoms with Crippen LogP contribution in [0.2, 0.25) is 5.02 Å². The molecule has 2 aromatic rings. The number of ether oxygens (including phenoxy) is 1. The van der Waals surface area contributed by atoms with Crippen LogP contribution in [0.15, 0.2) is 30.3 Å². The van der Waals surface area contributed by atoms with Gasteiger partial charge in [0.2, 0.25) is 8.03 Å². The van der Waals surface area contributed by atoms with Gasteiger partial charge in [0.1, 0.15) is 11.5 Å². The van der Waals surface area contributed by atoms with Crippen LogP contribution in [0.4, 0.5) is 13.2 Å². The molecule has 0 aliphatic rings. The van der Waals surface area contributed by atoms with E-state index in [0.717, 1.165) is 18.2 Å². The summed E-state index contributed by atoms with van der Waals surface area (Å²) in [4.78, 5) is 0. The maximum atomic E-state index is 12.7. The lowest BCUT2D eigenvalue weighted by Gasteiger charge is -2.15. The van der Waals surface area contributed by atoms with Crippen LogP contribution < -0.4 is 10.0 Å². The van der Waals surface area contributed by atoms with Gasteiger partial charge in [-0.3, -0.25) is 4.57 Å². The Morgan fingerprint density at radius 3 is 2.42 bits per heavy atom. The largest absolute Gasteiger partial charge is 0.455 e. The third kappa shape index (κ3) is 4.39. The highest BCUT2D eigenvalue weighted by Gasteiger charge is 2.31. The molecular weight excluding hydrogens is 390 g/mol. The molecule has 0 N–H and O–H groups in total. The van der Waals surface area contributed by atoms with Crippen molar-refractivity contribution in [2.24, 2.45) is 0 Å². The van der Waals surface area contributed by atoms with Crippen molar-refractivity contribution < 1.29 is 27.0 Å². The van der Waals surface area contributed by atoms with Gasteiger partial charge in [-0.2, -0.15) is 18.4 Å². The molecule has 0 aliphatic carbocycles. The number of hydrogen-bond donors (Lipinski definition) is 0. The van der Waals surface area contributed by atoms with Gasteiger partial charge in [-0.25, -0.2) is 0 Å². The Hall–Kier alpha value is -2.00. The fourth-order valence-electron chi connectivity index (χ4n) is 2.25. The summed E-state index contributed by atoms with van der Waals surface area (Å²) in [6, 6.07) is 7.61. The topological polar surface area (TPSA) is 59.3 Å². The molecule has 0 spiro atoms. The quantitative estimate of drug-likeness (QED) is 0.633. The molecule has 0 radical (unpaired) electrons. The smallest absolute Gasteiger partial charge is 0.416 e. The van der Waals surface area contributed by atoms with Crippen LogP contribution in [0.25, 0.3) is 0 Å². The molecule has 26 heavy (non-hydrogen) atoms. The molecule has 2 aromatic carbocycles. The molecular formula is C17H14ClF3NO3P. The highest BCUT2D eigenvalue weighted by atomic mass is 35.5. The minimum absolute atomic E-state index is 0.0158. The molecule has 0 amide bonds. The molecule has 4 nitrogen and oxygen atoms in total. The van der Waals surface area contributed by atoms with Crippen LogP contribution in [0, 0.1) is 11.3 Å². The standard InChI is InChI=1S/C17H14ClF3NO3P/c1-3-10-6-11(9-22)16(26(23)24-2)8-15(10)25-14-5-4-12(7-13(14)18)17(19,20)21/h4-8,26H,3H2,1-2H3. The molecule has 0 heterocycles. The third-order valence-electron chi connectivity index (χ3n) is 3.59. The SMILES string of the molecule is CCc1cc(C#N)c([PH](=O)OC)cc1Oc1ccc(C(F)(F)F)cc1Cl. The maximum Gasteiger partial charge on any atom is 0.416 e. The number of alkyl halides is 3. The lowest BCUT2D eigenvalue weighted by molar-refractivity contribution is -0.137. The van der Waals surface area contributed by atoms with Crippen molar-refractivity contribution in [2.75, 3.05) is 7.11 Å². The van der Waals surface area contributed by atoms with Gasteiger partial charge in [-0.1, -0.05) is 18.5 Å². The first kappa shape index (κ1) is 20.3. The van der Waals surface area contributed by atoms with Crippen LogP contribution in [0.1, 0.15) is 23.6 Å². The van der Waals surface area contributed by atoms with Gasteiger partial charge in [0, 0.05) is 7.11 Å². The van der Waals surface area contributed by atoms with E-state index in [2.05, 4.69) is 0 Å². The molecule has 0 saturated carbocycles. The highest BCUT2D eigenvalue weighted by Crippen LogP contribution is 2.38. The second kappa shape index (κ2) is 8.13. The predicted molar refractivity (Wildman–Crippen MR) is 92.7 cm³/mol. The molecule has 0 bridgehead atoms. The highest BCUT2D eigenvalue weighted by molar-refractivity contribution is 7.48. The van der Waals surface area contributed by atoms with E-state index in [9.17, 15) is 23.0 Å². The maximum absolute atomic E-state index is 12.7. The third-order valence-corrected chi connectivity index (χ3v) is 5.11. The lowest BCUT2D eigenvalue weighted by atomic mass is 10.1. The minimum atomic E-state index is -4.52. The zero-order chi connectivity index (χ0) is 19.5. The van der Waals surface area contributed by atoms with Crippen molar-refractivity contribution in [2.45, 2.75) is 19.5 Å². The first-order valence-electron chi connectivity index (χ1n) is 7.41. The summed E-state index contributed by atoms with van der Waals surface area (Å²) in [5.41, 5.74) is -0.0823.